The number of ketones is 1. The molecule has 1 aliphatic rings. The van der Waals surface area contributed by atoms with Gasteiger partial charge in [0.15, 0.2) is 0 Å². The Morgan fingerprint density at radius 2 is 1.89 bits per heavy atom. The summed E-state index contributed by atoms with van der Waals surface area (Å²) in [6, 6.07) is 7.56. The Kier molecular flexibility index (Phi) is 3.88. The number of piperidine rings is 1. The lowest BCUT2D eigenvalue weighted by molar-refractivity contribution is -0.124. The van der Waals surface area contributed by atoms with Crippen LogP contribution in [0.3, 0.4) is 0 Å². The maximum atomic E-state index is 12.3. The van der Waals surface area contributed by atoms with E-state index < -0.39 is 0 Å². The molecule has 102 valence electrons. The number of carbonyl (C=O) groups is 2. The van der Waals surface area contributed by atoms with E-state index in [-0.39, 0.29) is 17.6 Å². The van der Waals surface area contributed by atoms with Crippen molar-refractivity contribution in [3.05, 3.63) is 29.8 Å². The third kappa shape index (κ3) is 2.95. The number of benzene rings is 1. The zero-order valence-corrected chi connectivity index (χ0v) is 11.7. The highest BCUT2D eigenvalue weighted by molar-refractivity contribution is 5.96. The molecule has 0 spiro atoms. The van der Waals surface area contributed by atoms with Gasteiger partial charge in [-0.3, -0.25) is 9.59 Å². The van der Waals surface area contributed by atoms with Gasteiger partial charge in [-0.05, 0) is 24.3 Å². The van der Waals surface area contributed by atoms with Gasteiger partial charge in [0.1, 0.15) is 5.78 Å². The van der Waals surface area contributed by atoms with E-state index in [2.05, 4.69) is 0 Å². The van der Waals surface area contributed by atoms with Crippen LogP contribution < -0.4 is 4.90 Å². The molecule has 0 N–H and O–H groups in total. The fourth-order valence-corrected chi connectivity index (χ4v) is 2.28. The molecule has 1 aliphatic heterocycles. The van der Waals surface area contributed by atoms with Crippen LogP contribution in [-0.2, 0) is 4.79 Å². The number of nitrogens with zero attached hydrogens (tertiary/aromatic N) is 2. The second-order valence-corrected chi connectivity index (χ2v) is 5.31. The predicted molar refractivity (Wildman–Crippen MR) is 75.5 cm³/mol. The summed E-state index contributed by atoms with van der Waals surface area (Å²) in [5.74, 6) is 0.232. The van der Waals surface area contributed by atoms with Gasteiger partial charge in [-0.1, -0.05) is 6.92 Å². The van der Waals surface area contributed by atoms with Gasteiger partial charge in [0, 0.05) is 50.8 Å². The highest BCUT2D eigenvalue weighted by Gasteiger charge is 2.27. The molecule has 0 saturated carbocycles. The first-order chi connectivity index (χ1) is 8.99. The molecule has 1 fully saturated rings. The summed E-state index contributed by atoms with van der Waals surface area (Å²) in [6.45, 7) is 2.96. The van der Waals surface area contributed by atoms with Gasteiger partial charge in [-0.15, -0.1) is 0 Å². The van der Waals surface area contributed by atoms with E-state index in [0.29, 0.717) is 25.1 Å². The van der Waals surface area contributed by atoms with Gasteiger partial charge in [0.2, 0.25) is 0 Å². The molecule has 4 heteroatoms. The van der Waals surface area contributed by atoms with Crippen LogP contribution in [0.4, 0.5) is 5.69 Å². The quantitative estimate of drug-likeness (QED) is 0.814. The first-order valence-corrected chi connectivity index (χ1v) is 6.58. The lowest BCUT2D eigenvalue weighted by Gasteiger charge is -2.30. The minimum atomic E-state index is -0.0428. The molecule has 1 aromatic carbocycles. The van der Waals surface area contributed by atoms with E-state index in [0.717, 1.165) is 5.69 Å². The van der Waals surface area contributed by atoms with Crippen molar-refractivity contribution in [2.24, 2.45) is 5.92 Å². The van der Waals surface area contributed by atoms with Gasteiger partial charge >= 0.3 is 0 Å². The SMILES string of the molecule is CC1CN(C(=O)c2ccc(N(C)C)cc2)CCC1=O. The number of amides is 1. The van der Waals surface area contributed by atoms with E-state index >= 15 is 0 Å². The summed E-state index contributed by atoms with van der Waals surface area (Å²) >= 11 is 0. The molecule has 0 aliphatic carbocycles. The topological polar surface area (TPSA) is 40.6 Å². The zero-order chi connectivity index (χ0) is 14.0. The van der Waals surface area contributed by atoms with Gasteiger partial charge in [-0.2, -0.15) is 0 Å². The lowest BCUT2D eigenvalue weighted by atomic mass is 9.98. The Labute approximate surface area is 114 Å². The normalized spacial score (nSPS) is 19.4. The molecular weight excluding hydrogens is 240 g/mol. The Bertz CT molecular complexity index is 479. The summed E-state index contributed by atoms with van der Waals surface area (Å²) in [4.78, 5) is 27.6. The Morgan fingerprint density at radius 1 is 1.26 bits per heavy atom. The van der Waals surface area contributed by atoms with Crippen molar-refractivity contribution in [2.75, 3.05) is 32.1 Å². The summed E-state index contributed by atoms with van der Waals surface area (Å²) in [5, 5.41) is 0. The Morgan fingerprint density at radius 3 is 2.42 bits per heavy atom. The first-order valence-electron chi connectivity index (χ1n) is 6.58. The van der Waals surface area contributed by atoms with Crippen LogP contribution in [-0.4, -0.2) is 43.8 Å². The van der Waals surface area contributed by atoms with Crippen molar-refractivity contribution < 1.29 is 9.59 Å². The van der Waals surface area contributed by atoms with Crippen LogP contribution in [0.15, 0.2) is 24.3 Å². The molecule has 1 saturated heterocycles. The molecule has 0 radical (unpaired) electrons. The highest BCUT2D eigenvalue weighted by atomic mass is 16.2. The predicted octanol–water partition coefficient (Wildman–Crippen LogP) is 1.80. The third-order valence-corrected chi connectivity index (χ3v) is 3.59. The van der Waals surface area contributed by atoms with Gasteiger partial charge in [0.25, 0.3) is 5.91 Å². The standard InChI is InChI=1S/C15H20N2O2/c1-11-10-17(9-8-14(11)18)15(19)12-4-6-13(7-5-12)16(2)3/h4-7,11H,8-10H2,1-3H3. The second-order valence-electron chi connectivity index (χ2n) is 5.31. The molecule has 0 bridgehead atoms. The van der Waals surface area contributed by atoms with Crippen molar-refractivity contribution in [3.8, 4) is 0 Å². The molecule has 1 unspecified atom stereocenters. The van der Waals surface area contributed by atoms with E-state index in [1.54, 1.807) is 4.90 Å². The van der Waals surface area contributed by atoms with E-state index in [9.17, 15) is 9.59 Å². The maximum Gasteiger partial charge on any atom is 0.253 e. The molecular formula is C15H20N2O2. The van der Waals surface area contributed by atoms with Crippen LogP contribution in [0.1, 0.15) is 23.7 Å². The van der Waals surface area contributed by atoms with Gasteiger partial charge < -0.3 is 9.80 Å². The van der Waals surface area contributed by atoms with Crippen LogP contribution in [0, 0.1) is 5.92 Å². The fraction of sp³-hybridized carbons (Fsp3) is 0.467. The number of anilines is 1. The molecule has 1 heterocycles. The second kappa shape index (κ2) is 5.43. The summed E-state index contributed by atoms with van der Waals surface area (Å²) in [6.07, 6.45) is 0.475. The first kappa shape index (κ1) is 13.6. The summed E-state index contributed by atoms with van der Waals surface area (Å²) in [7, 11) is 3.93. The van der Waals surface area contributed by atoms with Crippen molar-refractivity contribution in [1.29, 1.82) is 0 Å². The molecule has 0 aromatic heterocycles. The minimum Gasteiger partial charge on any atom is -0.378 e. The smallest absolute Gasteiger partial charge is 0.253 e. The highest BCUT2D eigenvalue weighted by Crippen LogP contribution is 2.17. The number of hydrogen-bond acceptors (Lipinski definition) is 3. The Balaban J connectivity index is 2.09. The average molecular weight is 260 g/mol. The number of likely N-dealkylation sites (tertiary alicyclic amines) is 1. The zero-order valence-electron chi connectivity index (χ0n) is 11.7. The van der Waals surface area contributed by atoms with Crippen LogP contribution >= 0.6 is 0 Å². The van der Waals surface area contributed by atoms with Crippen molar-refractivity contribution in [3.63, 3.8) is 0 Å². The molecule has 1 atom stereocenters. The lowest BCUT2D eigenvalue weighted by Crippen LogP contribution is -2.43. The summed E-state index contributed by atoms with van der Waals surface area (Å²) in [5.41, 5.74) is 1.76. The van der Waals surface area contributed by atoms with Crippen LogP contribution in [0.25, 0.3) is 0 Å². The fourth-order valence-electron chi connectivity index (χ4n) is 2.28. The van der Waals surface area contributed by atoms with E-state index in [1.807, 2.05) is 50.2 Å². The van der Waals surface area contributed by atoms with Crippen molar-refractivity contribution >= 4 is 17.4 Å². The monoisotopic (exact) mass is 260 g/mol. The number of carbonyl (C=O) groups excluding carboxylic acids is 2. The van der Waals surface area contributed by atoms with E-state index in [4.69, 9.17) is 0 Å². The maximum absolute atomic E-state index is 12.3. The van der Waals surface area contributed by atoms with E-state index in [1.165, 1.54) is 0 Å². The van der Waals surface area contributed by atoms with Crippen LogP contribution in [0.2, 0.25) is 0 Å². The number of hydrogen-bond donors (Lipinski definition) is 0. The molecule has 1 aromatic rings. The Hall–Kier alpha value is -1.84. The van der Waals surface area contributed by atoms with Gasteiger partial charge in [-0.25, -0.2) is 0 Å². The third-order valence-electron chi connectivity index (χ3n) is 3.59. The summed E-state index contributed by atoms with van der Waals surface area (Å²) < 4.78 is 0. The minimum absolute atomic E-state index is 0.0182. The largest absolute Gasteiger partial charge is 0.378 e. The van der Waals surface area contributed by atoms with Crippen LogP contribution in [0.5, 0.6) is 0 Å². The molecule has 2 rings (SSSR count). The van der Waals surface area contributed by atoms with Crippen molar-refractivity contribution in [2.45, 2.75) is 13.3 Å². The van der Waals surface area contributed by atoms with Crippen molar-refractivity contribution in [1.82, 2.24) is 4.90 Å². The average Bonchev–Trinajstić information content (AvgIpc) is 2.41. The number of Topliss-reactive ketones (excluding diaryl/α,β-unsaturated/α-hetero) is 1. The molecule has 19 heavy (non-hydrogen) atoms. The molecule has 1 amide bonds. The number of rotatable bonds is 2. The van der Waals surface area contributed by atoms with Gasteiger partial charge in [0.05, 0.1) is 0 Å². The molecule has 4 nitrogen and oxygen atoms in total.